The van der Waals surface area contributed by atoms with Gasteiger partial charge in [-0.25, -0.2) is 4.39 Å². The molecule has 98 valence electrons. The summed E-state index contributed by atoms with van der Waals surface area (Å²) in [6.45, 7) is 1.79. The number of anilines is 2. The second-order valence-corrected chi connectivity index (χ2v) is 5.15. The number of amides is 1. The van der Waals surface area contributed by atoms with E-state index in [0.717, 1.165) is 5.69 Å². The minimum atomic E-state index is -0.366. The van der Waals surface area contributed by atoms with E-state index in [9.17, 15) is 9.18 Å². The van der Waals surface area contributed by atoms with Gasteiger partial charge in [-0.05, 0) is 53.8 Å². The van der Waals surface area contributed by atoms with Crippen LogP contribution in [-0.4, -0.2) is 10.9 Å². The quantitative estimate of drug-likeness (QED) is 0.798. The molecule has 0 atom stereocenters. The topological polar surface area (TPSA) is 68.0 Å². The Hall–Kier alpha value is -1.70. The highest BCUT2D eigenvalue weighted by Crippen LogP contribution is 2.21. The first kappa shape index (κ1) is 13.7. The van der Waals surface area contributed by atoms with Gasteiger partial charge in [-0.1, -0.05) is 0 Å². The maximum absolute atomic E-state index is 13.0. The number of rotatable bonds is 2. The molecule has 2 aromatic rings. The Kier molecular flexibility index (Phi) is 3.98. The largest absolute Gasteiger partial charge is 0.398 e. The Labute approximate surface area is 123 Å². The monoisotopic (exact) mass is 371 g/mol. The van der Waals surface area contributed by atoms with Gasteiger partial charge in [0.15, 0.2) is 0 Å². The molecule has 0 aliphatic heterocycles. The van der Waals surface area contributed by atoms with E-state index < -0.39 is 0 Å². The molecule has 4 nitrogen and oxygen atoms in total. The van der Waals surface area contributed by atoms with Crippen molar-refractivity contribution in [2.75, 3.05) is 11.1 Å². The fourth-order valence-electron chi connectivity index (χ4n) is 1.55. The fraction of sp³-hybridized carbons (Fsp3) is 0.0769. The van der Waals surface area contributed by atoms with Gasteiger partial charge in [0.2, 0.25) is 0 Å². The lowest BCUT2D eigenvalue weighted by molar-refractivity contribution is 0.102. The van der Waals surface area contributed by atoms with Crippen molar-refractivity contribution in [2.24, 2.45) is 0 Å². The van der Waals surface area contributed by atoms with Crippen molar-refractivity contribution in [3.8, 4) is 0 Å². The molecule has 6 heteroatoms. The molecular formula is C13H11FIN3O. The number of carbonyl (C=O) groups is 1. The highest BCUT2D eigenvalue weighted by Gasteiger charge is 2.12. The first-order valence-corrected chi connectivity index (χ1v) is 6.54. The third kappa shape index (κ3) is 3.19. The number of aromatic nitrogens is 1. The molecular weight excluding hydrogens is 360 g/mol. The summed E-state index contributed by atoms with van der Waals surface area (Å²) in [5, 5.41) is 2.68. The van der Waals surface area contributed by atoms with E-state index in [4.69, 9.17) is 5.73 Å². The van der Waals surface area contributed by atoms with Crippen LogP contribution in [0.5, 0.6) is 0 Å². The first-order valence-electron chi connectivity index (χ1n) is 5.46. The van der Waals surface area contributed by atoms with E-state index in [1.807, 2.05) is 22.6 Å². The molecule has 1 aromatic carbocycles. The van der Waals surface area contributed by atoms with Gasteiger partial charge in [0.05, 0.1) is 11.3 Å². The number of nitrogens with zero attached hydrogens (tertiary/aromatic N) is 1. The molecule has 0 saturated heterocycles. The lowest BCUT2D eigenvalue weighted by Gasteiger charge is -2.09. The number of nitrogens with one attached hydrogen (secondary N) is 1. The molecule has 0 radical (unpaired) electrons. The number of aryl methyl sites for hydroxylation is 1. The van der Waals surface area contributed by atoms with Crippen molar-refractivity contribution in [1.29, 1.82) is 0 Å². The molecule has 1 aromatic heterocycles. The van der Waals surface area contributed by atoms with Crippen LogP contribution < -0.4 is 11.1 Å². The average molecular weight is 371 g/mol. The van der Waals surface area contributed by atoms with E-state index >= 15 is 0 Å². The zero-order chi connectivity index (χ0) is 14.0. The number of hydrogen-bond acceptors (Lipinski definition) is 3. The smallest absolute Gasteiger partial charge is 0.259 e. The van der Waals surface area contributed by atoms with Gasteiger partial charge >= 0.3 is 0 Å². The summed E-state index contributed by atoms with van der Waals surface area (Å²) < 4.78 is 13.6. The van der Waals surface area contributed by atoms with Crippen LogP contribution in [0.25, 0.3) is 0 Å². The zero-order valence-corrected chi connectivity index (χ0v) is 12.2. The SMILES string of the molecule is Cc1cc(N)c(C(=O)Nc2ccc(F)cc2I)cn1. The molecule has 1 heterocycles. The second kappa shape index (κ2) is 5.52. The molecule has 2 rings (SSSR count). The van der Waals surface area contributed by atoms with Crippen LogP contribution in [0.4, 0.5) is 15.8 Å². The molecule has 0 bridgehead atoms. The summed E-state index contributed by atoms with van der Waals surface area (Å²) in [4.78, 5) is 16.1. The Balaban J connectivity index is 2.25. The van der Waals surface area contributed by atoms with Crippen LogP contribution in [0.15, 0.2) is 30.5 Å². The van der Waals surface area contributed by atoms with Crippen LogP contribution in [0, 0.1) is 16.3 Å². The summed E-state index contributed by atoms with van der Waals surface area (Å²) in [5.74, 6) is -0.714. The number of carbonyl (C=O) groups excluding carboxylic acids is 1. The van der Waals surface area contributed by atoms with Gasteiger partial charge in [-0.15, -0.1) is 0 Å². The van der Waals surface area contributed by atoms with Gasteiger partial charge in [0.25, 0.3) is 5.91 Å². The molecule has 0 unspecified atom stereocenters. The van der Waals surface area contributed by atoms with Crippen LogP contribution in [0.2, 0.25) is 0 Å². The van der Waals surface area contributed by atoms with Crippen molar-refractivity contribution in [3.63, 3.8) is 0 Å². The Morgan fingerprint density at radius 2 is 2.16 bits per heavy atom. The predicted molar refractivity (Wildman–Crippen MR) is 80.5 cm³/mol. The minimum absolute atomic E-state index is 0.297. The zero-order valence-electron chi connectivity index (χ0n) is 10.1. The second-order valence-electron chi connectivity index (χ2n) is 3.99. The maximum atomic E-state index is 13.0. The van der Waals surface area contributed by atoms with Gasteiger partial charge < -0.3 is 11.1 Å². The van der Waals surface area contributed by atoms with Gasteiger partial charge in [0.1, 0.15) is 5.82 Å². The van der Waals surface area contributed by atoms with Crippen molar-refractivity contribution >= 4 is 39.9 Å². The predicted octanol–water partition coefficient (Wildman–Crippen LogP) is 2.97. The van der Waals surface area contributed by atoms with Crippen LogP contribution in [0.3, 0.4) is 0 Å². The number of nitrogens with two attached hydrogens (primary N) is 1. The van der Waals surface area contributed by atoms with E-state index in [0.29, 0.717) is 20.5 Å². The molecule has 3 N–H and O–H groups in total. The Bertz CT molecular complexity index is 646. The van der Waals surface area contributed by atoms with Crippen molar-refractivity contribution in [3.05, 3.63) is 51.1 Å². The molecule has 0 aliphatic carbocycles. The molecule has 19 heavy (non-hydrogen) atoms. The third-order valence-electron chi connectivity index (χ3n) is 2.50. The van der Waals surface area contributed by atoms with Gasteiger partial charge in [0, 0.05) is 21.1 Å². The standard InChI is InChI=1S/C13H11FIN3O/c1-7-4-11(16)9(6-17-7)13(19)18-12-3-2-8(14)5-10(12)15/h2-6H,1H3,(H2,16,17)(H,18,19). The Morgan fingerprint density at radius 3 is 2.79 bits per heavy atom. The summed E-state index contributed by atoms with van der Waals surface area (Å²) in [6.07, 6.45) is 1.43. The summed E-state index contributed by atoms with van der Waals surface area (Å²) >= 11 is 1.95. The molecule has 1 amide bonds. The van der Waals surface area contributed by atoms with E-state index in [1.54, 1.807) is 13.0 Å². The van der Waals surface area contributed by atoms with E-state index in [-0.39, 0.29) is 11.7 Å². The van der Waals surface area contributed by atoms with Crippen molar-refractivity contribution in [1.82, 2.24) is 4.98 Å². The summed E-state index contributed by atoms with van der Waals surface area (Å²) in [7, 11) is 0. The maximum Gasteiger partial charge on any atom is 0.259 e. The number of benzene rings is 1. The number of pyridine rings is 1. The van der Waals surface area contributed by atoms with Crippen LogP contribution in [-0.2, 0) is 0 Å². The van der Waals surface area contributed by atoms with E-state index in [2.05, 4.69) is 10.3 Å². The van der Waals surface area contributed by atoms with Crippen molar-refractivity contribution < 1.29 is 9.18 Å². The normalized spacial score (nSPS) is 10.3. The molecule has 0 fully saturated rings. The lowest BCUT2D eigenvalue weighted by atomic mass is 10.2. The lowest BCUT2D eigenvalue weighted by Crippen LogP contribution is -2.15. The van der Waals surface area contributed by atoms with E-state index in [1.165, 1.54) is 24.4 Å². The summed E-state index contributed by atoms with van der Waals surface area (Å²) in [5.41, 5.74) is 7.71. The van der Waals surface area contributed by atoms with Crippen LogP contribution in [0.1, 0.15) is 16.1 Å². The van der Waals surface area contributed by atoms with Crippen molar-refractivity contribution in [2.45, 2.75) is 6.92 Å². The Morgan fingerprint density at radius 1 is 1.42 bits per heavy atom. The summed E-state index contributed by atoms with van der Waals surface area (Å²) in [6, 6.07) is 5.76. The fourth-order valence-corrected chi connectivity index (χ4v) is 2.16. The average Bonchev–Trinajstić information content (AvgIpc) is 2.32. The number of hydrogen-bond donors (Lipinski definition) is 2. The molecule has 0 aliphatic rings. The highest BCUT2D eigenvalue weighted by atomic mass is 127. The first-order chi connectivity index (χ1) is 8.97. The number of halogens is 2. The van der Waals surface area contributed by atoms with Gasteiger partial charge in [-0.2, -0.15) is 0 Å². The third-order valence-corrected chi connectivity index (χ3v) is 3.39. The molecule has 0 saturated carbocycles. The van der Waals surface area contributed by atoms with Crippen LogP contribution >= 0.6 is 22.6 Å². The highest BCUT2D eigenvalue weighted by molar-refractivity contribution is 14.1. The number of nitrogen functional groups attached to an aromatic ring is 1. The van der Waals surface area contributed by atoms with Gasteiger partial charge in [-0.3, -0.25) is 9.78 Å². The molecule has 0 spiro atoms. The minimum Gasteiger partial charge on any atom is -0.398 e.